The van der Waals surface area contributed by atoms with E-state index in [1.165, 1.54) is 0 Å². The zero-order valence-corrected chi connectivity index (χ0v) is 12.1. The second kappa shape index (κ2) is 6.75. The highest BCUT2D eigenvalue weighted by molar-refractivity contribution is 6.32. The van der Waals surface area contributed by atoms with Gasteiger partial charge in [0.05, 0.1) is 5.02 Å². The molecule has 0 aliphatic heterocycles. The van der Waals surface area contributed by atoms with Gasteiger partial charge in [0.1, 0.15) is 11.5 Å². The predicted octanol–water partition coefficient (Wildman–Crippen LogP) is 3.69. The number of aliphatic hydroxyl groups is 1. The fourth-order valence-corrected chi connectivity index (χ4v) is 2.16. The van der Waals surface area contributed by atoms with Crippen LogP contribution in [0, 0.1) is 0 Å². The third-order valence-corrected chi connectivity index (χ3v) is 3.35. The summed E-state index contributed by atoms with van der Waals surface area (Å²) >= 11 is 6.22. The van der Waals surface area contributed by atoms with Crippen LogP contribution in [0.5, 0.6) is 11.5 Å². The van der Waals surface area contributed by atoms with Crippen molar-refractivity contribution in [1.82, 2.24) is 0 Å². The van der Waals surface area contributed by atoms with Gasteiger partial charge in [-0.25, -0.2) is 0 Å². The van der Waals surface area contributed by atoms with Crippen molar-refractivity contribution in [2.24, 2.45) is 5.73 Å². The molecule has 2 rings (SSSR count). The SMILES string of the molecule is CC(N)c1ccc(Oc2ccccc2CCO)c(Cl)c1. The molecule has 0 heterocycles. The van der Waals surface area contributed by atoms with Crippen molar-refractivity contribution in [3.8, 4) is 11.5 Å². The second-order valence-corrected chi connectivity index (χ2v) is 5.07. The predicted molar refractivity (Wildman–Crippen MR) is 81.4 cm³/mol. The minimum atomic E-state index is -0.0665. The Morgan fingerprint density at radius 1 is 1.20 bits per heavy atom. The summed E-state index contributed by atoms with van der Waals surface area (Å²) in [7, 11) is 0. The van der Waals surface area contributed by atoms with E-state index in [4.69, 9.17) is 27.2 Å². The highest BCUT2D eigenvalue weighted by Crippen LogP contribution is 2.33. The molecule has 0 radical (unpaired) electrons. The maximum Gasteiger partial charge on any atom is 0.146 e. The molecule has 0 saturated heterocycles. The molecule has 0 spiro atoms. The van der Waals surface area contributed by atoms with E-state index in [2.05, 4.69) is 0 Å². The molecule has 0 bridgehead atoms. The van der Waals surface area contributed by atoms with Crippen LogP contribution in [0.15, 0.2) is 42.5 Å². The van der Waals surface area contributed by atoms with Gasteiger partial charge in [-0.2, -0.15) is 0 Å². The molecule has 0 fully saturated rings. The Kier molecular flexibility index (Phi) is 5.01. The van der Waals surface area contributed by atoms with E-state index in [0.717, 1.165) is 11.1 Å². The number of hydrogen-bond donors (Lipinski definition) is 2. The van der Waals surface area contributed by atoms with Gasteiger partial charge in [-0.15, -0.1) is 0 Å². The van der Waals surface area contributed by atoms with Gasteiger partial charge in [0.25, 0.3) is 0 Å². The molecule has 20 heavy (non-hydrogen) atoms. The van der Waals surface area contributed by atoms with Gasteiger partial charge in [-0.05, 0) is 42.7 Å². The van der Waals surface area contributed by atoms with Crippen LogP contribution in [0.1, 0.15) is 24.1 Å². The summed E-state index contributed by atoms with van der Waals surface area (Å²) in [4.78, 5) is 0. The number of ether oxygens (including phenoxy) is 1. The van der Waals surface area contributed by atoms with Crippen LogP contribution in [0.3, 0.4) is 0 Å². The van der Waals surface area contributed by atoms with E-state index in [0.29, 0.717) is 22.9 Å². The van der Waals surface area contributed by atoms with E-state index in [-0.39, 0.29) is 12.6 Å². The molecule has 106 valence electrons. The fourth-order valence-electron chi connectivity index (χ4n) is 1.93. The van der Waals surface area contributed by atoms with Gasteiger partial charge in [-0.1, -0.05) is 35.9 Å². The summed E-state index contributed by atoms with van der Waals surface area (Å²) in [5, 5.41) is 9.59. The third kappa shape index (κ3) is 3.51. The zero-order chi connectivity index (χ0) is 14.5. The van der Waals surface area contributed by atoms with Crippen LogP contribution in [0.4, 0.5) is 0 Å². The van der Waals surface area contributed by atoms with Crippen molar-refractivity contribution in [2.45, 2.75) is 19.4 Å². The molecule has 2 aromatic carbocycles. The highest BCUT2D eigenvalue weighted by Gasteiger charge is 2.09. The molecule has 0 aromatic heterocycles. The molecule has 1 atom stereocenters. The lowest BCUT2D eigenvalue weighted by atomic mass is 10.1. The number of halogens is 1. The molecule has 0 amide bonds. The van der Waals surface area contributed by atoms with Crippen molar-refractivity contribution in [3.63, 3.8) is 0 Å². The number of nitrogens with two attached hydrogens (primary N) is 1. The Hall–Kier alpha value is -1.55. The highest BCUT2D eigenvalue weighted by atomic mass is 35.5. The standard InChI is InChI=1S/C16H18ClNO2/c1-11(18)13-6-7-16(14(17)10-13)20-15-5-3-2-4-12(15)8-9-19/h2-7,10-11,19H,8-9,18H2,1H3. The van der Waals surface area contributed by atoms with Crippen LogP contribution in [0.25, 0.3) is 0 Å². The third-order valence-electron chi connectivity index (χ3n) is 3.06. The Labute approximate surface area is 123 Å². The Morgan fingerprint density at radius 3 is 2.60 bits per heavy atom. The number of hydrogen-bond acceptors (Lipinski definition) is 3. The minimum Gasteiger partial charge on any atom is -0.456 e. The summed E-state index contributed by atoms with van der Waals surface area (Å²) in [6, 6.07) is 13.1. The largest absolute Gasteiger partial charge is 0.456 e. The van der Waals surface area contributed by atoms with Gasteiger partial charge in [0.15, 0.2) is 0 Å². The minimum absolute atomic E-state index is 0.0665. The first-order valence-electron chi connectivity index (χ1n) is 6.53. The van der Waals surface area contributed by atoms with E-state index >= 15 is 0 Å². The maximum absolute atomic E-state index is 9.07. The van der Waals surface area contributed by atoms with E-state index in [1.54, 1.807) is 0 Å². The van der Waals surface area contributed by atoms with E-state index in [9.17, 15) is 0 Å². The molecule has 0 aliphatic rings. The van der Waals surface area contributed by atoms with Crippen LogP contribution in [-0.4, -0.2) is 11.7 Å². The first-order chi connectivity index (χ1) is 9.61. The lowest BCUT2D eigenvalue weighted by Crippen LogP contribution is -2.04. The van der Waals surface area contributed by atoms with Crippen molar-refractivity contribution >= 4 is 11.6 Å². The Bertz CT molecular complexity index is 584. The molecule has 3 N–H and O–H groups in total. The van der Waals surface area contributed by atoms with Gasteiger partial charge in [0, 0.05) is 12.6 Å². The van der Waals surface area contributed by atoms with Crippen LogP contribution < -0.4 is 10.5 Å². The van der Waals surface area contributed by atoms with Gasteiger partial charge >= 0.3 is 0 Å². The smallest absolute Gasteiger partial charge is 0.146 e. The number of rotatable bonds is 5. The summed E-state index contributed by atoms with van der Waals surface area (Å²) < 4.78 is 5.84. The molecule has 4 heteroatoms. The van der Waals surface area contributed by atoms with Crippen molar-refractivity contribution in [3.05, 3.63) is 58.6 Å². The van der Waals surface area contributed by atoms with Gasteiger partial charge in [-0.3, -0.25) is 0 Å². The van der Waals surface area contributed by atoms with Crippen molar-refractivity contribution in [1.29, 1.82) is 0 Å². The topological polar surface area (TPSA) is 55.5 Å². The van der Waals surface area contributed by atoms with Crippen LogP contribution in [0.2, 0.25) is 5.02 Å². The number of para-hydroxylation sites is 1. The summed E-state index contributed by atoms with van der Waals surface area (Å²) in [6.07, 6.45) is 0.547. The molecule has 1 unspecified atom stereocenters. The fraction of sp³-hybridized carbons (Fsp3) is 0.250. The monoisotopic (exact) mass is 291 g/mol. The van der Waals surface area contributed by atoms with Gasteiger partial charge in [0.2, 0.25) is 0 Å². The van der Waals surface area contributed by atoms with Crippen LogP contribution in [-0.2, 0) is 6.42 Å². The van der Waals surface area contributed by atoms with Crippen molar-refractivity contribution in [2.75, 3.05) is 6.61 Å². The van der Waals surface area contributed by atoms with E-state index < -0.39 is 0 Å². The summed E-state index contributed by atoms with van der Waals surface area (Å²) in [6.45, 7) is 1.99. The Balaban J connectivity index is 2.26. The first-order valence-corrected chi connectivity index (χ1v) is 6.91. The normalized spacial score (nSPS) is 12.2. The molecule has 2 aromatic rings. The summed E-state index contributed by atoms with van der Waals surface area (Å²) in [5.41, 5.74) is 7.73. The number of benzene rings is 2. The molecular weight excluding hydrogens is 274 g/mol. The van der Waals surface area contributed by atoms with Gasteiger partial charge < -0.3 is 15.6 Å². The molecular formula is C16H18ClNO2. The Morgan fingerprint density at radius 2 is 1.95 bits per heavy atom. The average Bonchev–Trinajstić information content (AvgIpc) is 2.43. The molecule has 0 saturated carbocycles. The zero-order valence-electron chi connectivity index (χ0n) is 11.3. The first kappa shape index (κ1) is 14.9. The average molecular weight is 292 g/mol. The maximum atomic E-state index is 9.07. The van der Waals surface area contributed by atoms with Crippen LogP contribution >= 0.6 is 11.6 Å². The van der Waals surface area contributed by atoms with E-state index in [1.807, 2.05) is 49.4 Å². The second-order valence-electron chi connectivity index (χ2n) is 4.66. The number of aliphatic hydroxyl groups excluding tert-OH is 1. The lowest BCUT2D eigenvalue weighted by Gasteiger charge is -2.13. The summed E-state index contributed by atoms with van der Waals surface area (Å²) in [5.74, 6) is 1.29. The quantitative estimate of drug-likeness (QED) is 0.883. The lowest BCUT2D eigenvalue weighted by molar-refractivity contribution is 0.298. The molecule has 3 nitrogen and oxygen atoms in total. The van der Waals surface area contributed by atoms with Crippen molar-refractivity contribution < 1.29 is 9.84 Å². The molecule has 0 aliphatic carbocycles.